The van der Waals surface area contributed by atoms with Crippen molar-refractivity contribution in [2.24, 2.45) is 0 Å². The number of fused-ring (bicyclic) bond motifs is 1. The summed E-state index contributed by atoms with van der Waals surface area (Å²) in [5.74, 6) is 0.519. The van der Waals surface area contributed by atoms with Crippen LogP contribution in [0.3, 0.4) is 0 Å². The van der Waals surface area contributed by atoms with Crippen LogP contribution in [0, 0.1) is 10.1 Å². The lowest BCUT2D eigenvalue weighted by molar-refractivity contribution is -0.384. The van der Waals surface area contributed by atoms with Crippen molar-refractivity contribution in [3.8, 4) is 5.75 Å². The molecule has 144 valence electrons. The molecule has 0 spiro atoms. The molecule has 3 rings (SSSR count). The summed E-state index contributed by atoms with van der Waals surface area (Å²) in [4.78, 5) is 41.7. The van der Waals surface area contributed by atoms with Crippen molar-refractivity contribution >= 4 is 28.2 Å². The first-order chi connectivity index (χ1) is 13.5. The van der Waals surface area contributed by atoms with Gasteiger partial charge in [-0.05, 0) is 24.6 Å². The minimum atomic E-state index is -0.545. The number of hydrogen-bond donors (Lipinski definition) is 2. The summed E-state index contributed by atoms with van der Waals surface area (Å²) in [7, 11) is 1.42. The third-order valence-corrected chi connectivity index (χ3v) is 4.15. The second-order valence-corrected chi connectivity index (χ2v) is 6.07. The van der Waals surface area contributed by atoms with Gasteiger partial charge in [-0.15, -0.1) is 0 Å². The number of nitrogens with zero attached hydrogens (tertiary/aromatic N) is 2. The number of hydrogen-bond acceptors (Lipinski definition) is 6. The molecule has 0 saturated carbocycles. The van der Waals surface area contributed by atoms with Crippen LogP contribution in [0.4, 0.5) is 11.4 Å². The molecule has 0 bridgehead atoms. The van der Waals surface area contributed by atoms with E-state index in [2.05, 4.69) is 15.3 Å². The molecule has 0 fully saturated rings. The van der Waals surface area contributed by atoms with Crippen molar-refractivity contribution in [3.05, 3.63) is 68.8 Å². The molecule has 0 saturated heterocycles. The molecule has 0 aliphatic carbocycles. The molecular weight excluding hydrogens is 364 g/mol. The van der Waals surface area contributed by atoms with Gasteiger partial charge in [0.15, 0.2) is 0 Å². The highest BCUT2D eigenvalue weighted by atomic mass is 16.6. The summed E-state index contributed by atoms with van der Waals surface area (Å²) >= 11 is 0. The van der Waals surface area contributed by atoms with E-state index < -0.39 is 4.92 Å². The summed E-state index contributed by atoms with van der Waals surface area (Å²) in [5, 5.41) is 14.0. The number of aromatic nitrogens is 2. The molecule has 0 atom stereocenters. The highest BCUT2D eigenvalue weighted by Gasteiger charge is 2.14. The summed E-state index contributed by atoms with van der Waals surface area (Å²) < 4.78 is 5.12. The van der Waals surface area contributed by atoms with Gasteiger partial charge in [-0.1, -0.05) is 12.1 Å². The van der Waals surface area contributed by atoms with E-state index in [1.807, 2.05) is 0 Å². The number of para-hydroxylation sites is 1. The number of nitro benzene ring substituents is 1. The van der Waals surface area contributed by atoms with Crippen molar-refractivity contribution in [2.75, 3.05) is 12.4 Å². The van der Waals surface area contributed by atoms with Crippen LogP contribution in [-0.4, -0.2) is 27.9 Å². The SMILES string of the molecule is COc1ccc([N+](=O)[O-])cc1NC(=O)CCCc1nc2ccccc2c(=O)[nH]1. The number of rotatable bonds is 7. The lowest BCUT2D eigenvalue weighted by Crippen LogP contribution is -2.14. The normalized spacial score (nSPS) is 10.6. The first-order valence-corrected chi connectivity index (χ1v) is 8.58. The van der Waals surface area contributed by atoms with E-state index in [9.17, 15) is 19.7 Å². The summed E-state index contributed by atoms with van der Waals surface area (Å²) in [5.41, 5.74) is 0.478. The zero-order valence-electron chi connectivity index (χ0n) is 15.1. The zero-order valence-corrected chi connectivity index (χ0v) is 15.1. The molecule has 0 aliphatic rings. The number of aryl methyl sites for hydroxylation is 1. The Morgan fingerprint density at radius 1 is 1.29 bits per heavy atom. The van der Waals surface area contributed by atoms with Gasteiger partial charge in [0, 0.05) is 25.0 Å². The predicted molar refractivity (Wildman–Crippen MR) is 104 cm³/mol. The molecule has 2 N–H and O–H groups in total. The van der Waals surface area contributed by atoms with Gasteiger partial charge in [0.05, 0.1) is 28.6 Å². The van der Waals surface area contributed by atoms with Gasteiger partial charge in [-0.3, -0.25) is 19.7 Å². The van der Waals surface area contributed by atoms with Crippen LogP contribution < -0.4 is 15.6 Å². The van der Waals surface area contributed by atoms with Crippen molar-refractivity contribution < 1.29 is 14.5 Å². The van der Waals surface area contributed by atoms with Crippen LogP contribution in [0.25, 0.3) is 10.9 Å². The maximum absolute atomic E-state index is 12.2. The Morgan fingerprint density at radius 2 is 2.07 bits per heavy atom. The topological polar surface area (TPSA) is 127 Å². The molecule has 9 heteroatoms. The Bertz CT molecular complexity index is 1090. The number of non-ortho nitro benzene ring substituents is 1. The number of H-pyrrole nitrogens is 1. The molecule has 9 nitrogen and oxygen atoms in total. The van der Waals surface area contributed by atoms with Gasteiger partial charge >= 0.3 is 0 Å². The first kappa shape index (κ1) is 19.0. The number of benzene rings is 2. The smallest absolute Gasteiger partial charge is 0.271 e. The number of anilines is 1. The van der Waals surface area contributed by atoms with E-state index in [4.69, 9.17) is 4.74 Å². The highest BCUT2D eigenvalue weighted by molar-refractivity contribution is 5.92. The highest BCUT2D eigenvalue weighted by Crippen LogP contribution is 2.29. The van der Waals surface area contributed by atoms with Crippen LogP contribution in [0.5, 0.6) is 5.75 Å². The number of ether oxygens (including phenoxy) is 1. The number of aromatic amines is 1. The second-order valence-electron chi connectivity index (χ2n) is 6.07. The fourth-order valence-corrected chi connectivity index (χ4v) is 2.79. The average molecular weight is 382 g/mol. The Balaban J connectivity index is 1.63. The van der Waals surface area contributed by atoms with E-state index in [1.165, 1.54) is 25.3 Å². The van der Waals surface area contributed by atoms with Gasteiger partial charge in [0.25, 0.3) is 11.2 Å². The van der Waals surface area contributed by atoms with Crippen LogP contribution in [0.2, 0.25) is 0 Å². The standard InChI is InChI=1S/C19H18N4O5/c1-28-16-10-9-12(23(26)27)11-15(16)21-18(24)8-4-7-17-20-14-6-3-2-5-13(14)19(25)22-17/h2-3,5-6,9-11H,4,7-8H2,1H3,(H,21,24)(H,20,22,25). The average Bonchev–Trinajstić information content (AvgIpc) is 2.68. The van der Waals surface area contributed by atoms with E-state index in [-0.39, 0.29) is 29.3 Å². The predicted octanol–water partition coefficient (Wildman–Crippen LogP) is 2.80. The van der Waals surface area contributed by atoms with Crippen molar-refractivity contribution in [2.45, 2.75) is 19.3 Å². The molecule has 0 unspecified atom stereocenters. The molecule has 3 aromatic rings. The van der Waals surface area contributed by atoms with Gasteiger partial charge in [0.2, 0.25) is 5.91 Å². The lowest BCUT2D eigenvalue weighted by atomic mass is 10.2. The number of carbonyl (C=O) groups excluding carboxylic acids is 1. The number of methoxy groups -OCH3 is 1. The largest absolute Gasteiger partial charge is 0.495 e. The quantitative estimate of drug-likeness (QED) is 0.478. The fourth-order valence-electron chi connectivity index (χ4n) is 2.79. The fraction of sp³-hybridized carbons (Fsp3) is 0.211. The maximum atomic E-state index is 12.2. The summed E-state index contributed by atoms with van der Waals surface area (Å²) in [6, 6.07) is 11.0. The summed E-state index contributed by atoms with van der Waals surface area (Å²) in [6.07, 6.45) is 1.02. The van der Waals surface area contributed by atoms with E-state index >= 15 is 0 Å². The Kier molecular flexibility index (Phi) is 5.64. The molecule has 1 aromatic heterocycles. The minimum Gasteiger partial charge on any atom is -0.495 e. The number of nitrogens with one attached hydrogen (secondary N) is 2. The summed E-state index contributed by atoms with van der Waals surface area (Å²) in [6.45, 7) is 0. The molecule has 0 radical (unpaired) electrons. The van der Waals surface area contributed by atoms with Gasteiger partial charge in [-0.2, -0.15) is 0 Å². The monoisotopic (exact) mass is 382 g/mol. The van der Waals surface area contributed by atoms with Crippen molar-refractivity contribution in [1.29, 1.82) is 0 Å². The Hall–Kier alpha value is -3.75. The minimum absolute atomic E-state index is 0.144. The van der Waals surface area contributed by atoms with Crippen LogP contribution >= 0.6 is 0 Å². The molecular formula is C19H18N4O5. The van der Waals surface area contributed by atoms with Crippen LogP contribution in [0.1, 0.15) is 18.7 Å². The molecule has 2 aromatic carbocycles. The molecule has 1 heterocycles. The van der Waals surface area contributed by atoms with Crippen LogP contribution in [-0.2, 0) is 11.2 Å². The van der Waals surface area contributed by atoms with E-state index in [1.54, 1.807) is 24.3 Å². The first-order valence-electron chi connectivity index (χ1n) is 8.58. The van der Waals surface area contributed by atoms with E-state index in [0.29, 0.717) is 35.3 Å². The van der Waals surface area contributed by atoms with E-state index in [0.717, 1.165) is 0 Å². The number of amides is 1. The number of nitro groups is 1. The zero-order chi connectivity index (χ0) is 20.1. The van der Waals surface area contributed by atoms with Crippen LogP contribution in [0.15, 0.2) is 47.3 Å². The number of carbonyl (C=O) groups is 1. The van der Waals surface area contributed by atoms with Gasteiger partial charge < -0.3 is 15.0 Å². The van der Waals surface area contributed by atoms with Crippen molar-refractivity contribution in [1.82, 2.24) is 9.97 Å². The molecule has 1 amide bonds. The molecule has 28 heavy (non-hydrogen) atoms. The maximum Gasteiger partial charge on any atom is 0.271 e. The van der Waals surface area contributed by atoms with Gasteiger partial charge in [0.1, 0.15) is 11.6 Å². The Labute approximate surface area is 159 Å². The van der Waals surface area contributed by atoms with Crippen molar-refractivity contribution in [3.63, 3.8) is 0 Å². The molecule has 0 aliphatic heterocycles. The lowest BCUT2D eigenvalue weighted by Gasteiger charge is -2.10. The third-order valence-electron chi connectivity index (χ3n) is 4.15. The second kappa shape index (κ2) is 8.30. The Morgan fingerprint density at radius 3 is 2.82 bits per heavy atom. The van der Waals surface area contributed by atoms with Gasteiger partial charge in [-0.25, -0.2) is 4.98 Å². The third kappa shape index (κ3) is 4.32.